The summed E-state index contributed by atoms with van der Waals surface area (Å²) >= 11 is 0. The Hall–Kier alpha value is -3.57. The number of fused-ring (bicyclic) bond motifs is 1. The number of benzene rings is 2. The van der Waals surface area contributed by atoms with Crippen molar-refractivity contribution in [3.63, 3.8) is 0 Å². The van der Waals surface area contributed by atoms with Gasteiger partial charge in [0.15, 0.2) is 5.78 Å². The molecule has 0 fully saturated rings. The van der Waals surface area contributed by atoms with Gasteiger partial charge in [-0.05, 0) is 19.1 Å². The predicted molar refractivity (Wildman–Crippen MR) is 88.5 cm³/mol. The number of nitrogens with zero attached hydrogens (tertiary/aromatic N) is 3. The van der Waals surface area contributed by atoms with Gasteiger partial charge in [-0.2, -0.15) is 15.3 Å². The Labute approximate surface area is 138 Å². The van der Waals surface area contributed by atoms with Gasteiger partial charge in [0.2, 0.25) is 0 Å². The maximum atomic E-state index is 12.8. The summed E-state index contributed by atoms with van der Waals surface area (Å²) in [6.07, 6.45) is 1.58. The van der Waals surface area contributed by atoms with Crippen molar-refractivity contribution in [2.45, 2.75) is 6.92 Å². The van der Waals surface area contributed by atoms with E-state index >= 15 is 0 Å². The Morgan fingerprint density at radius 3 is 2.29 bits per heavy atom. The number of carbonyl (C=O) groups excluding carboxylic acids is 1. The van der Waals surface area contributed by atoms with E-state index in [4.69, 9.17) is 4.84 Å². The van der Waals surface area contributed by atoms with E-state index < -0.39 is 0 Å². The molecule has 1 aromatic heterocycles. The van der Waals surface area contributed by atoms with Crippen LogP contribution >= 0.6 is 0 Å². The number of carbonyl (C=O) groups is 1. The third-order valence-corrected chi connectivity index (χ3v) is 3.91. The van der Waals surface area contributed by atoms with Crippen LogP contribution in [0.25, 0.3) is 10.9 Å². The van der Waals surface area contributed by atoms with E-state index in [0.29, 0.717) is 22.0 Å². The fourth-order valence-electron chi connectivity index (χ4n) is 2.62. The zero-order valence-corrected chi connectivity index (χ0v) is 13.2. The van der Waals surface area contributed by atoms with E-state index in [1.807, 2.05) is 31.2 Å². The summed E-state index contributed by atoms with van der Waals surface area (Å²) in [4.78, 5) is 18.1. The van der Waals surface area contributed by atoms with Crippen LogP contribution in [0.5, 0.6) is 0 Å². The Bertz CT molecular complexity index is 1030. The van der Waals surface area contributed by atoms with Crippen LogP contribution in [-0.2, 0) is 0 Å². The molecule has 0 N–H and O–H groups in total. The maximum Gasteiger partial charge on any atom is 0.195 e. The second-order valence-electron chi connectivity index (χ2n) is 5.38. The van der Waals surface area contributed by atoms with Gasteiger partial charge in [0.05, 0.1) is 28.4 Å². The van der Waals surface area contributed by atoms with Gasteiger partial charge in [0.1, 0.15) is 19.2 Å². The van der Waals surface area contributed by atoms with E-state index in [1.165, 1.54) is 11.8 Å². The van der Waals surface area contributed by atoms with Crippen LogP contribution in [0, 0.1) is 29.6 Å². The minimum atomic E-state index is -0.163. The van der Waals surface area contributed by atoms with Crippen LogP contribution < -0.4 is 4.84 Å². The minimum Gasteiger partial charge on any atom is -0.417 e. The van der Waals surface area contributed by atoms with Gasteiger partial charge in [-0.15, -0.1) is 0 Å². The van der Waals surface area contributed by atoms with Crippen molar-refractivity contribution in [3.8, 4) is 12.1 Å². The first kappa shape index (κ1) is 15.3. The van der Waals surface area contributed by atoms with Crippen molar-refractivity contribution >= 4 is 16.7 Å². The topological polar surface area (TPSA) is 78.8 Å². The lowest BCUT2D eigenvalue weighted by Gasteiger charge is -2.02. The highest BCUT2D eigenvalue weighted by Crippen LogP contribution is 2.26. The van der Waals surface area contributed by atoms with Gasteiger partial charge in [-0.3, -0.25) is 4.79 Å². The smallest absolute Gasteiger partial charge is 0.195 e. The van der Waals surface area contributed by atoms with Crippen LogP contribution in [-0.4, -0.2) is 17.6 Å². The highest BCUT2D eigenvalue weighted by atomic mass is 16.6. The largest absolute Gasteiger partial charge is 0.417 e. The van der Waals surface area contributed by atoms with Crippen LogP contribution in [0.15, 0.2) is 42.6 Å². The summed E-state index contributed by atoms with van der Waals surface area (Å²) in [6.45, 7) is 1.95. The fourth-order valence-corrected chi connectivity index (χ4v) is 2.62. The molecule has 0 saturated heterocycles. The maximum absolute atomic E-state index is 12.8. The fraction of sp³-hybridized carbons (Fsp3) is 0.105. The van der Waals surface area contributed by atoms with Crippen LogP contribution in [0.4, 0.5) is 0 Å². The standard InChI is InChI=1S/C19H13N3O2/c1-12-3-5-13(6-4-12)19(23)17-11-22(24-2)18-8-15(10-21)14(9-20)7-16(17)18/h3-8,11H,1-2H3. The molecule has 3 aromatic rings. The molecule has 0 spiro atoms. The zero-order valence-electron chi connectivity index (χ0n) is 13.2. The average molecular weight is 315 g/mol. The van der Waals surface area contributed by atoms with Gasteiger partial charge in [0, 0.05) is 10.9 Å². The molecule has 0 aliphatic carbocycles. The average Bonchev–Trinajstić information content (AvgIpc) is 2.98. The first-order valence-electron chi connectivity index (χ1n) is 7.24. The monoisotopic (exact) mass is 315 g/mol. The van der Waals surface area contributed by atoms with Crippen molar-refractivity contribution in [1.82, 2.24) is 4.73 Å². The summed E-state index contributed by atoms with van der Waals surface area (Å²) in [5.74, 6) is -0.163. The van der Waals surface area contributed by atoms with Crippen LogP contribution in [0.2, 0.25) is 0 Å². The second kappa shape index (κ2) is 5.91. The molecule has 116 valence electrons. The number of hydrogen-bond donors (Lipinski definition) is 0. The van der Waals surface area contributed by atoms with Crippen molar-refractivity contribution in [2.75, 3.05) is 7.11 Å². The SMILES string of the molecule is COn1cc(C(=O)c2ccc(C)cc2)c2cc(C#N)c(C#N)cc21. The number of aromatic nitrogens is 1. The Balaban J connectivity index is 2.25. The summed E-state index contributed by atoms with van der Waals surface area (Å²) in [6, 6.07) is 14.4. The normalized spacial score (nSPS) is 10.2. The number of aryl methyl sites for hydroxylation is 1. The highest BCUT2D eigenvalue weighted by molar-refractivity contribution is 6.16. The molecule has 3 rings (SSSR count). The van der Waals surface area contributed by atoms with Gasteiger partial charge < -0.3 is 4.84 Å². The first-order valence-corrected chi connectivity index (χ1v) is 7.24. The molecular formula is C19H13N3O2. The van der Waals surface area contributed by atoms with Crippen LogP contribution in [0.1, 0.15) is 32.6 Å². The lowest BCUT2D eigenvalue weighted by molar-refractivity contribution is 0.103. The Morgan fingerprint density at radius 2 is 1.71 bits per heavy atom. The quantitative estimate of drug-likeness (QED) is 0.696. The molecule has 0 radical (unpaired) electrons. The molecule has 0 unspecified atom stereocenters. The lowest BCUT2D eigenvalue weighted by Crippen LogP contribution is -2.04. The summed E-state index contributed by atoms with van der Waals surface area (Å²) in [7, 11) is 1.48. The van der Waals surface area contributed by atoms with Gasteiger partial charge in [-0.1, -0.05) is 29.8 Å². The van der Waals surface area contributed by atoms with Crippen LogP contribution in [0.3, 0.4) is 0 Å². The first-order chi connectivity index (χ1) is 11.6. The lowest BCUT2D eigenvalue weighted by atomic mass is 9.99. The molecule has 0 aliphatic rings. The van der Waals surface area contributed by atoms with Gasteiger partial charge in [0.25, 0.3) is 0 Å². The van der Waals surface area contributed by atoms with E-state index in [1.54, 1.807) is 30.5 Å². The number of rotatable bonds is 3. The third kappa shape index (κ3) is 2.39. The summed E-state index contributed by atoms with van der Waals surface area (Å²) in [5, 5.41) is 19.0. The third-order valence-electron chi connectivity index (χ3n) is 3.91. The summed E-state index contributed by atoms with van der Waals surface area (Å²) in [5.41, 5.74) is 3.10. The zero-order chi connectivity index (χ0) is 17.3. The molecule has 0 saturated carbocycles. The van der Waals surface area contributed by atoms with Crippen molar-refractivity contribution in [1.29, 1.82) is 10.5 Å². The molecular weight excluding hydrogens is 302 g/mol. The number of nitriles is 2. The summed E-state index contributed by atoms with van der Waals surface area (Å²) < 4.78 is 1.43. The van der Waals surface area contributed by atoms with E-state index in [9.17, 15) is 15.3 Å². The number of ketones is 1. The molecule has 2 aromatic carbocycles. The predicted octanol–water partition coefficient (Wildman–Crippen LogP) is 2.98. The Morgan fingerprint density at radius 1 is 1.08 bits per heavy atom. The van der Waals surface area contributed by atoms with Crippen molar-refractivity contribution < 1.29 is 9.63 Å². The minimum absolute atomic E-state index is 0.163. The molecule has 5 heteroatoms. The highest BCUT2D eigenvalue weighted by Gasteiger charge is 2.19. The molecule has 5 nitrogen and oxygen atoms in total. The molecule has 1 heterocycles. The van der Waals surface area contributed by atoms with E-state index in [0.717, 1.165) is 5.56 Å². The second-order valence-corrected chi connectivity index (χ2v) is 5.38. The van der Waals surface area contributed by atoms with E-state index in [-0.39, 0.29) is 16.9 Å². The van der Waals surface area contributed by atoms with Gasteiger partial charge >= 0.3 is 0 Å². The molecule has 0 amide bonds. The van der Waals surface area contributed by atoms with Crippen molar-refractivity contribution in [2.24, 2.45) is 0 Å². The Kier molecular flexibility index (Phi) is 3.77. The molecule has 0 aliphatic heterocycles. The molecule has 0 atom stereocenters. The van der Waals surface area contributed by atoms with E-state index in [2.05, 4.69) is 0 Å². The molecule has 24 heavy (non-hydrogen) atoms. The molecule has 0 bridgehead atoms. The number of hydrogen-bond acceptors (Lipinski definition) is 4. The van der Waals surface area contributed by atoms with Crippen molar-refractivity contribution in [3.05, 3.63) is 70.4 Å². The van der Waals surface area contributed by atoms with Gasteiger partial charge in [-0.25, -0.2) is 0 Å².